The van der Waals surface area contributed by atoms with Crippen molar-refractivity contribution < 1.29 is 19.2 Å². The number of unbranched alkanes of at least 4 members (excludes halogenated alkanes) is 3. The SMILES string of the molecule is C1CCCCC1.CCCCCCOC(=O)NCc1c(C)noc1-c1ccc(O)cn1. The van der Waals surface area contributed by atoms with E-state index in [0.717, 1.165) is 31.2 Å². The van der Waals surface area contributed by atoms with Crippen molar-refractivity contribution in [2.75, 3.05) is 6.61 Å². The Labute approximate surface area is 179 Å². The number of amides is 1. The summed E-state index contributed by atoms with van der Waals surface area (Å²) >= 11 is 0. The van der Waals surface area contributed by atoms with E-state index in [2.05, 4.69) is 22.4 Å². The van der Waals surface area contributed by atoms with Crippen molar-refractivity contribution >= 4 is 6.09 Å². The number of hydrogen-bond acceptors (Lipinski definition) is 6. The van der Waals surface area contributed by atoms with E-state index in [4.69, 9.17) is 9.26 Å². The molecule has 30 heavy (non-hydrogen) atoms. The first kappa shape index (κ1) is 23.7. The molecule has 1 amide bonds. The third-order valence-electron chi connectivity index (χ3n) is 5.11. The van der Waals surface area contributed by atoms with E-state index in [1.807, 2.05) is 0 Å². The maximum absolute atomic E-state index is 11.7. The maximum atomic E-state index is 11.7. The Morgan fingerprint density at radius 3 is 2.43 bits per heavy atom. The number of nitrogens with one attached hydrogen (secondary N) is 1. The quantitative estimate of drug-likeness (QED) is 0.519. The normalized spacial score (nSPS) is 13.3. The Morgan fingerprint density at radius 1 is 1.13 bits per heavy atom. The Bertz CT molecular complexity index is 728. The van der Waals surface area contributed by atoms with Gasteiger partial charge in [0.1, 0.15) is 11.4 Å². The number of aromatic nitrogens is 2. The molecule has 0 aromatic carbocycles. The minimum absolute atomic E-state index is 0.0707. The molecule has 0 spiro atoms. The first-order valence-electron chi connectivity index (χ1n) is 11.1. The van der Waals surface area contributed by atoms with E-state index < -0.39 is 6.09 Å². The van der Waals surface area contributed by atoms with Crippen LogP contribution in [0.3, 0.4) is 0 Å². The second-order valence-electron chi connectivity index (χ2n) is 7.65. The van der Waals surface area contributed by atoms with Gasteiger partial charge in [-0.15, -0.1) is 0 Å². The molecule has 0 saturated heterocycles. The molecule has 0 bridgehead atoms. The van der Waals surface area contributed by atoms with Gasteiger partial charge in [-0.3, -0.25) is 0 Å². The highest BCUT2D eigenvalue weighted by atomic mass is 16.5. The molecule has 2 N–H and O–H groups in total. The molecule has 1 saturated carbocycles. The van der Waals surface area contributed by atoms with Gasteiger partial charge in [0.2, 0.25) is 0 Å². The highest BCUT2D eigenvalue weighted by Crippen LogP contribution is 2.25. The molecule has 7 heteroatoms. The minimum Gasteiger partial charge on any atom is -0.506 e. The summed E-state index contributed by atoms with van der Waals surface area (Å²) in [5.41, 5.74) is 1.94. The zero-order valence-corrected chi connectivity index (χ0v) is 18.3. The molecule has 2 aromatic heterocycles. The lowest BCUT2D eigenvalue weighted by molar-refractivity contribution is 0.143. The van der Waals surface area contributed by atoms with Crippen molar-refractivity contribution in [2.45, 2.75) is 84.6 Å². The second kappa shape index (κ2) is 13.6. The summed E-state index contributed by atoms with van der Waals surface area (Å²) in [7, 11) is 0. The van der Waals surface area contributed by atoms with Crippen LogP contribution >= 0.6 is 0 Å². The molecule has 7 nitrogen and oxygen atoms in total. The first-order chi connectivity index (χ1) is 14.6. The van der Waals surface area contributed by atoms with Crippen LogP contribution in [0.1, 0.15) is 82.4 Å². The van der Waals surface area contributed by atoms with Gasteiger partial charge in [0.25, 0.3) is 0 Å². The van der Waals surface area contributed by atoms with Gasteiger partial charge < -0.3 is 19.7 Å². The van der Waals surface area contributed by atoms with Crippen LogP contribution in [-0.4, -0.2) is 27.9 Å². The maximum Gasteiger partial charge on any atom is 0.407 e. The number of ether oxygens (including phenoxy) is 1. The van der Waals surface area contributed by atoms with E-state index in [-0.39, 0.29) is 12.3 Å². The minimum atomic E-state index is -0.461. The summed E-state index contributed by atoms with van der Waals surface area (Å²) in [4.78, 5) is 15.8. The number of nitrogens with zero attached hydrogens (tertiary/aromatic N) is 2. The number of aromatic hydroxyl groups is 1. The van der Waals surface area contributed by atoms with E-state index in [1.54, 1.807) is 13.0 Å². The van der Waals surface area contributed by atoms with Crippen LogP contribution in [0.15, 0.2) is 22.9 Å². The molecule has 0 unspecified atom stereocenters. The van der Waals surface area contributed by atoms with Crippen molar-refractivity contribution in [3.05, 3.63) is 29.6 Å². The van der Waals surface area contributed by atoms with Crippen LogP contribution in [0.5, 0.6) is 5.75 Å². The number of rotatable bonds is 8. The number of aryl methyl sites for hydroxylation is 1. The molecule has 1 aliphatic carbocycles. The molecular formula is C23H35N3O4. The molecule has 3 rings (SSSR count). The van der Waals surface area contributed by atoms with Gasteiger partial charge in [0.05, 0.1) is 25.0 Å². The lowest BCUT2D eigenvalue weighted by atomic mass is 10.0. The Balaban J connectivity index is 0.000000456. The van der Waals surface area contributed by atoms with E-state index in [0.29, 0.717) is 23.8 Å². The van der Waals surface area contributed by atoms with Crippen molar-refractivity contribution in [1.29, 1.82) is 0 Å². The van der Waals surface area contributed by atoms with Crippen LogP contribution in [-0.2, 0) is 11.3 Å². The Hall–Kier alpha value is -2.57. The fourth-order valence-electron chi connectivity index (χ4n) is 3.28. The van der Waals surface area contributed by atoms with Gasteiger partial charge in [-0.05, 0) is 25.5 Å². The summed E-state index contributed by atoms with van der Waals surface area (Å²) in [5.74, 6) is 0.539. The zero-order chi connectivity index (χ0) is 21.6. The predicted molar refractivity (Wildman–Crippen MR) is 116 cm³/mol. The number of pyridine rings is 1. The fraction of sp³-hybridized carbons (Fsp3) is 0.609. The summed E-state index contributed by atoms with van der Waals surface area (Å²) in [5, 5.41) is 15.9. The van der Waals surface area contributed by atoms with Crippen LogP contribution in [0.2, 0.25) is 0 Å². The van der Waals surface area contributed by atoms with Gasteiger partial charge in [-0.25, -0.2) is 9.78 Å². The van der Waals surface area contributed by atoms with Gasteiger partial charge in [0.15, 0.2) is 5.76 Å². The lowest BCUT2D eigenvalue weighted by Crippen LogP contribution is -2.24. The molecule has 2 heterocycles. The van der Waals surface area contributed by atoms with Gasteiger partial charge in [0, 0.05) is 5.56 Å². The second-order valence-corrected chi connectivity index (χ2v) is 7.65. The predicted octanol–water partition coefficient (Wildman–Crippen LogP) is 5.90. The highest BCUT2D eigenvalue weighted by molar-refractivity contribution is 5.68. The van der Waals surface area contributed by atoms with E-state index in [9.17, 15) is 9.90 Å². The Morgan fingerprint density at radius 2 is 1.83 bits per heavy atom. The number of alkyl carbamates (subject to hydrolysis) is 1. The first-order valence-corrected chi connectivity index (χ1v) is 11.1. The van der Waals surface area contributed by atoms with Gasteiger partial charge >= 0.3 is 6.09 Å². The van der Waals surface area contributed by atoms with Crippen LogP contribution in [0.4, 0.5) is 4.79 Å². The molecule has 0 aliphatic heterocycles. The van der Waals surface area contributed by atoms with E-state index in [1.165, 1.54) is 50.8 Å². The van der Waals surface area contributed by atoms with Crippen molar-refractivity contribution in [1.82, 2.24) is 15.5 Å². The summed E-state index contributed by atoms with van der Waals surface area (Å²) in [6, 6.07) is 3.15. The van der Waals surface area contributed by atoms with Crippen molar-refractivity contribution in [3.63, 3.8) is 0 Å². The zero-order valence-electron chi connectivity index (χ0n) is 18.3. The van der Waals surface area contributed by atoms with Gasteiger partial charge in [-0.1, -0.05) is 69.9 Å². The highest BCUT2D eigenvalue weighted by Gasteiger charge is 2.17. The lowest BCUT2D eigenvalue weighted by Gasteiger charge is -2.07. The van der Waals surface area contributed by atoms with Gasteiger partial charge in [-0.2, -0.15) is 0 Å². The third kappa shape index (κ3) is 8.43. The Kier molecular flexibility index (Phi) is 10.8. The smallest absolute Gasteiger partial charge is 0.407 e. The largest absolute Gasteiger partial charge is 0.506 e. The monoisotopic (exact) mass is 417 g/mol. The fourth-order valence-corrected chi connectivity index (χ4v) is 3.28. The van der Waals surface area contributed by atoms with Crippen LogP contribution < -0.4 is 5.32 Å². The molecule has 0 atom stereocenters. The molecule has 2 aromatic rings. The van der Waals surface area contributed by atoms with Crippen molar-refractivity contribution in [2.24, 2.45) is 0 Å². The summed E-state index contributed by atoms with van der Waals surface area (Å²) in [6.45, 7) is 4.58. The molecule has 1 fully saturated rings. The summed E-state index contributed by atoms with van der Waals surface area (Å²) < 4.78 is 10.4. The molecule has 0 radical (unpaired) electrons. The van der Waals surface area contributed by atoms with E-state index >= 15 is 0 Å². The van der Waals surface area contributed by atoms with Crippen LogP contribution in [0, 0.1) is 6.92 Å². The number of carbonyl (C=O) groups is 1. The standard InChI is InChI=1S/C17H23N3O4.C6H12/c1-3-4-5-6-9-23-17(22)19-11-14-12(2)20-24-16(14)15-8-7-13(21)10-18-15;1-2-4-6-5-3-1/h7-8,10,21H,3-6,9,11H2,1-2H3,(H,19,22);1-6H2. The number of carbonyl (C=O) groups excluding carboxylic acids is 1. The molecule has 166 valence electrons. The third-order valence-corrected chi connectivity index (χ3v) is 5.11. The number of hydrogen-bond donors (Lipinski definition) is 2. The average molecular weight is 418 g/mol. The van der Waals surface area contributed by atoms with Crippen molar-refractivity contribution in [3.8, 4) is 17.2 Å². The average Bonchev–Trinajstić information content (AvgIpc) is 3.14. The molecule has 1 aliphatic rings. The van der Waals surface area contributed by atoms with Crippen LogP contribution in [0.25, 0.3) is 11.5 Å². The molecular weight excluding hydrogens is 382 g/mol. The summed E-state index contributed by atoms with van der Waals surface area (Å²) in [6.07, 6.45) is 14.1. The topological polar surface area (TPSA) is 97.5 Å².